The first-order valence-corrected chi connectivity index (χ1v) is 5.13. The van der Waals surface area contributed by atoms with Crippen molar-refractivity contribution in [2.24, 2.45) is 0 Å². The molecular formula is C9H11N3OS. The molecule has 14 heavy (non-hydrogen) atoms. The predicted octanol–water partition coefficient (Wildman–Crippen LogP) is 1.83. The van der Waals surface area contributed by atoms with Gasteiger partial charge in [0.05, 0.1) is 22.6 Å². The fourth-order valence-corrected chi connectivity index (χ4v) is 1.86. The largest absolute Gasteiger partial charge is 0.438 e. The molecule has 0 amide bonds. The van der Waals surface area contributed by atoms with E-state index in [0.29, 0.717) is 12.4 Å². The van der Waals surface area contributed by atoms with Gasteiger partial charge >= 0.3 is 0 Å². The fourth-order valence-electron chi connectivity index (χ4n) is 1.13. The van der Waals surface area contributed by atoms with Gasteiger partial charge in [-0.15, -0.1) is 11.3 Å². The summed E-state index contributed by atoms with van der Waals surface area (Å²) < 4.78 is 5.52. The molecule has 0 fully saturated rings. The molecule has 0 aliphatic rings. The van der Waals surface area contributed by atoms with E-state index < -0.39 is 0 Å². The van der Waals surface area contributed by atoms with E-state index in [0.717, 1.165) is 15.6 Å². The van der Waals surface area contributed by atoms with Crippen molar-refractivity contribution in [2.75, 3.05) is 7.05 Å². The van der Waals surface area contributed by atoms with E-state index >= 15 is 0 Å². The molecule has 2 heterocycles. The summed E-state index contributed by atoms with van der Waals surface area (Å²) >= 11 is 1.61. The van der Waals surface area contributed by atoms with Gasteiger partial charge in [0.25, 0.3) is 0 Å². The van der Waals surface area contributed by atoms with Crippen molar-refractivity contribution < 1.29 is 4.42 Å². The van der Waals surface area contributed by atoms with Crippen LogP contribution in [0.25, 0.3) is 10.6 Å². The maximum atomic E-state index is 5.52. The highest BCUT2D eigenvalue weighted by Gasteiger charge is 2.07. The van der Waals surface area contributed by atoms with Gasteiger partial charge in [-0.05, 0) is 14.0 Å². The van der Waals surface area contributed by atoms with Gasteiger partial charge in [-0.1, -0.05) is 0 Å². The first-order valence-electron chi connectivity index (χ1n) is 4.31. The highest BCUT2D eigenvalue weighted by Crippen LogP contribution is 2.25. The molecule has 0 atom stereocenters. The zero-order valence-corrected chi connectivity index (χ0v) is 8.89. The number of rotatable bonds is 3. The van der Waals surface area contributed by atoms with Gasteiger partial charge < -0.3 is 9.73 Å². The van der Waals surface area contributed by atoms with Crippen LogP contribution in [0.5, 0.6) is 0 Å². The topological polar surface area (TPSA) is 51.0 Å². The quantitative estimate of drug-likeness (QED) is 0.837. The highest BCUT2D eigenvalue weighted by atomic mass is 32.1. The van der Waals surface area contributed by atoms with Gasteiger partial charge in [-0.2, -0.15) is 0 Å². The van der Waals surface area contributed by atoms with E-state index in [1.165, 1.54) is 0 Å². The number of aryl methyl sites for hydroxylation is 1. The fraction of sp³-hybridized carbons (Fsp3) is 0.333. The second-order valence-corrected chi connectivity index (χ2v) is 4.13. The smallest absolute Gasteiger partial charge is 0.208 e. The van der Waals surface area contributed by atoms with Gasteiger partial charge in [0.1, 0.15) is 0 Å². The molecule has 0 aromatic carbocycles. The maximum Gasteiger partial charge on any atom is 0.208 e. The minimum Gasteiger partial charge on any atom is -0.438 e. The minimum atomic E-state index is 0.651. The Morgan fingerprint density at radius 3 is 2.93 bits per heavy atom. The molecule has 0 aliphatic heterocycles. The third-order valence-electron chi connectivity index (χ3n) is 1.75. The van der Waals surface area contributed by atoms with Crippen LogP contribution in [0.1, 0.15) is 10.9 Å². The molecule has 0 bridgehead atoms. The van der Waals surface area contributed by atoms with Crippen LogP contribution in [0.15, 0.2) is 16.8 Å². The first kappa shape index (κ1) is 9.36. The molecule has 2 aromatic heterocycles. The first-order chi connectivity index (χ1) is 6.79. The van der Waals surface area contributed by atoms with Gasteiger partial charge in [-0.3, -0.25) is 0 Å². The molecule has 1 N–H and O–H groups in total. The summed E-state index contributed by atoms with van der Waals surface area (Å²) in [5.41, 5.74) is 0. The normalized spacial score (nSPS) is 10.7. The minimum absolute atomic E-state index is 0.651. The Bertz CT molecular complexity index is 421. The van der Waals surface area contributed by atoms with Crippen LogP contribution >= 0.6 is 11.3 Å². The number of hydrogen-bond acceptors (Lipinski definition) is 5. The molecule has 0 saturated heterocycles. The number of thiazole rings is 1. The van der Waals surface area contributed by atoms with Crippen molar-refractivity contribution in [1.82, 2.24) is 15.3 Å². The third-order valence-corrected chi connectivity index (χ3v) is 2.67. The number of hydrogen-bond donors (Lipinski definition) is 1. The third kappa shape index (κ3) is 1.83. The molecule has 2 rings (SSSR count). The zero-order valence-electron chi connectivity index (χ0n) is 8.07. The van der Waals surface area contributed by atoms with E-state index in [9.17, 15) is 0 Å². The Labute approximate surface area is 86.0 Å². The number of oxazole rings is 1. The van der Waals surface area contributed by atoms with Crippen LogP contribution in [-0.4, -0.2) is 17.0 Å². The van der Waals surface area contributed by atoms with E-state index in [-0.39, 0.29) is 0 Å². The lowest BCUT2D eigenvalue weighted by molar-refractivity contribution is 0.491. The summed E-state index contributed by atoms with van der Waals surface area (Å²) in [5.74, 6) is 1.49. The SMILES string of the molecule is CNCc1ncc(-c2cnc(C)s2)o1. The lowest BCUT2D eigenvalue weighted by Gasteiger charge is -1.90. The summed E-state index contributed by atoms with van der Waals surface area (Å²) in [7, 11) is 1.86. The Kier molecular flexibility index (Phi) is 2.60. The molecule has 0 aliphatic carbocycles. The van der Waals surface area contributed by atoms with E-state index in [1.807, 2.05) is 20.2 Å². The Hall–Kier alpha value is -1.20. The molecule has 74 valence electrons. The van der Waals surface area contributed by atoms with Crippen LogP contribution in [0.2, 0.25) is 0 Å². The number of nitrogens with one attached hydrogen (secondary N) is 1. The van der Waals surface area contributed by atoms with Crippen LogP contribution < -0.4 is 5.32 Å². The monoisotopic (exact) mass is 209 g/mol. The van der Waals surface area contributed by atoms with Crippen molar-refractivity contribution in [3.05, 3.63) is 23.3 Å². The number of aromatic nitrogens is 2. The summed E-state index contributed by atoms with van der Waals surface area (Å²) in [5, 5.41) is 4.02. The Morgan fingerprint density at radius 2 is 2.29 bits per heavy atom. The van der Waals surface area contributed by atoms with Crippen LogP contribution in [0.4, 0.5) is 0 Å². The average molecular weight is 209 g/mol. The molecule has 0 saturated carbocycles. The second kappa shape index (κ2) is 3.89. The van der Waals surface area contributed by atoms with Crippen molar-refractivity contribution in [3.8, 4) is 10.6 Å². The molecule has 0 radical (unpaired) electrons. The van der Waals surface area contributed by atoms with E-state index in [2.05, 4.69) is 15.3 Å². The van der Waals surface area contributed by atoms with Crippen molar-refractivity contribution >= 4 is 11.3 Å². The summed E-state index contributed by atoms with van der Waals surface area (Å²) in [4.78, 5) is 9.33. The van der Waals surface area contributed by atoms with Gasteiger partial charge in [0.2, 0.25) is 5.89 Å². The van der Waals surface area contributed by atoms with Crippen LogP contribution in [0, 0.1) is 6.92 Å². The lowest BCUT2D eigenvalue weighted by atomic mass is 10.4. The number of nitrogens with zero attached hydrogens (tertiary/aromatic N) is 2. The van der Waals surface area contributed by atoms with Crippen LogP contribution in [0.3, 0.4) is 0 Å². The second-order valence-electron chi connectivity index (χ2n) is 2.89. The van der Waals surface area contributed by atoms with Gasteiger partial charge in [0.15, 0.2) is 5.76 Å². The zero-order chi connectivity index (χ0) is 9.97. The van der Waals surface area contributed by atoms with E-state index in [4.69, 9.17) is 4.42 Å². The Morgan fingerprint density at radius 1 is 1.43 bits per heavy atom. The molecule has 0 unspecified atom stereocenters. The summed E-state index contributed by atoms with van der Waals surface area (Å²) in [6.07, 6.45) is 3.54. The predicted molar refractivity (Wildman–Crippen MR) is 55.1 cm³/mol. The molecule has 5 heteroatoms. The lowest BCUT2D eigenvalue weighted by Crippen LogP contribution is -2.04. The van der Waals surface area contributed by atoms with Gasteiger partial charge in [0, 0.05) is 6.20 Å². The highest BCUT2D eigenvalue weighted by molar-refractivity contribution is 7.14. The average Bonchev–Trinajstić information content (AvgIpc) is 2.74. The standard InChI is InChI=1S/C9H11N3OS/c1-6-11-4-8(14-6)7-3-12-9(13-7)5-10-2/h3-4,10H,5H2,1-2H3. The van der Waals surface area contributed by atoms with Gasteiger partial charge in [-0.25, -0.2) is 9.97 Å². The van der Waals surface area contributed by atoms with Crippen molar-refractivity contribution in [3.63, 3.8) is 0 Å². The van der Waals surface area contributed by atoms with E-state index in [1.54, 1.807) is 17.5 Å². The molecule has 0 spiro atoms. The maximum absolute atomic E-state index is 5.52. The van der Waals surface area contributed by atoms with Crippen molar-refractivity contribution in [2.45, 2.75) is 13.5 Å². The Balaban J connectivity index is 2.24. The summed E-state index contributed by atoms with van der Waals surface area (Å²) in [6, 6.07) is 0. The molecule has 4 nitrogen and oxygen atoms in total. The molecular weight excluding hydrogens is 198 g/mol. The van der Waals surface area contributed by atoms with Crippen molar-refractivity contribution in [1.29, 1.82) is 0 Å². The van der Waals surface area contributed by atoms with Crippen LogP contribution in [-0.2, 0) is 6.54 Å². The molecule has 2 aromatic rings. The summed E-state index contributed by atoms with van der Waals surface area (Å²) in [6.45, 7) is 2.62.